The fourth-order valence-electron chi connectivity index (χ4n) is 2.38. The fourth-order valence-corrected chi connectivity index (χ4v) is 2.38. The molecule has 2 rings (SSSR count). The van der Waals surface area contributed by atoms with Crippen LogP contribution in [-0.2, 0) is 16.8 Å². The molecule has 1 saturated heterocycles. The van der Waals surface area contributed by atoms with Gasteiger partial charge in [0.2, 0.25) is 0 Å². The quantitative estimate of drug-likeness (QED) is 0.863. The van der Waals surface area contributed by atoms with Crippen LogP contribution in [0.1, 0.15) is 37.8 Å². The maximum atomic E-state index is 5.48. The summed E-state index contributed by atoms with van der Waals surface area (Å²) in [6.45, 7) is 5.38. The normalized spacial score (nSPS) is 20.8. The summed E-state index contributed by atoms with van der Waals surface area (Å²) in [5.74, 6) is 0. The predicted molar refractivity (Wildman–Crippen MR) is 71.2 cm³/mol. The summed E-state index contributed by atoms with van der Waals surface area (Å²) in [5, 5.41) is 3.54. The molecule has 0 aliphatic carbocycles. The Bertz CT molecular complexity index is 350. The monoisotopic (exact) mass is 233 g/mol. The van der Waals surface area contributed by atoms with E-state index in [1.54, 1.807) is 7.11 Å². The van der Waals surface area contributed by atoms with Crippen LogP contribution in [0, 0.1) is 0 Å². The molecule has 1 fully saturated rings. The van der Waals surface area contributed by atoms with E-state index in [4.69, 9.17) is 4.74 Å². The minimum absolute atomic E-state index is 0.190. The predicted octanol–water partition coefficient (Wildman–Crippen LogP) is 2.86. The molecule has 1 aliphatic heterocycles. The summed E-state index contributed by atoms with van der Waals surface area (Å²) in [6, 6.07) is 9.52. The number of benzene rings is 1. The minimum atomic E-state index is -0.190. The van der Waals surface area contributed by atoms with Crippen molar-refractivity contribution in [2.45, 2.75) is 44.8 Å². The molecular formula is C15H23NO. The van der Waals surface area contributed by atoms with Crippen molar-refractivity contribution >= 4 is 0 Å². The average molecular weight is 233 g/mol. The van der Waals surface area contributed by atoms with E-state index in [1.807, 2.05) is 0 Å². The summed E-state index contributed by atoms with van der Waals surface area (Å²) in [7, 11) is 1.76. The lowest BCUT2D eigenvalue weighted by atomic mass is 9.95. The summed E-state index contributed by atoms with van der Waals surface area (Å²) < 4.78 is 5.48. The minimum Gasteiger partial charge on any atom is -0.374 e. The third kappa shape index (κ3) is 3.08. The third-order valence-corrected chi connectivity index (χ3v) is 3.80. The second-order valence-corrected chi connectivity index (χ2v) is 5.41. The van der Waals surface area contributed by atoms with Gasteiger partial charge in [-0.1, -0.05) is 24.3 Å². The van der Waals surface area contributed by atoms with Crippen molar-refractivity contribution in [3.63, 3.8) is 0 Å². The molecule has 1 unspecified atom stereocenters. The van der Waals surface area contributed by atoms with Gasteiger partial charge in [-0.05, 0) is 50.8 Å². The maximum absolute atomic E-state index is 5.48. The largest absolute Gasteiger partial charge is 0.374 e. The zero-order valence-electron chi connectivity index (χ0n) is 11.1. The Morgan fingerprint density at radius 2 is 2.00 bits per heavy atom. The Morgan fingerprint density at radius 1 is 1.29 bits per heavy atom. The molecule has 0 amide bonds. The van der Waals surface area contributed by atoms with Gasteiger partial charge >= 0.3 is 0 Å². The van der Waals surface area contributed by atoms with Gasteiger partial charge < -0.3 is 10.1 Å². The van der Waals surface area contributed by atoms with Crippen LogP contribution < -0.4 is 5.32 Å². The number of ether oxygens (including phenoxy) is 1. The lowest BCUT2D eigenvalue weighted by Crippen LogP contribution is -2.24. The maximum Gasteiger partial charge on any atom is 0.0871 e. The Hall–Kier alpha value is -0.860. The van der Waals surface area contributed by atoms with E-state index in [0.29, 0.717) is 6.04 Å². The van der Waals surface area contributed by atoms with Crippen LogP contribution >= 0.6 is 0 Å². The Morgan fingerprint density at radius 3 is 2.53 bits per heavy atom. The van der Waals surface area contributed by atoms with Gasteiger partial charge in [0.1, 0.15) is 0 Å². The van der Waals surface area contributed by atoms with Gasteiger partial charge in [-0.15, -0.1) is 0 Å². The highest BCUT2D eigenvalue weighted by atomic mass is 16.5. The Balaban J connectivity index is 2.02. The zero-order chi connectivity index (χ0) is 12.3. The number of nitrogens with one attached hydrogen (secondary N) is 1. The summed E-state index contributed by atoms with van der Waals surface area (Å²) in [5.41, 5.74) is 2.47. The SMILES string of the molecule is COC(C)(C)c1ccc(CC2CCCN2)cc1. The van der Waals surface area contributed by atoms with E-state index >= 15 is 0 Å². The molecule has 1 aliphatic rings. The number of rotatable bonds is 4. The van der Waals surface area contributed by atoms with E-state index in [1.165, 1.54) is 30.5 Å². The number of hydrogen-bond acceptors (Lipinski definition) is 2. The van der Waals surface area contributed by atoms with Crippen molar-refractivity contribution < 1.29 is 4.74 Å². The van der Waals surface area contributed by atoms with Gasteiger partial charge in [-0.2, -0.15) is 0 Å². The molecule has 1 atom stereocenters. The second-order valence-electron chi connectivity index (χ2n) is 5.41. The average Bonchev–Trinajstić information content (AvgIpc) is 2.83. The first kappa shape index (κ1) is 12.6. The molecule has 0 aromatic heterocycles. The lowest BCUT2D eigenvalue weighted by molar-refractivity contribution is 0.0192. The van der Waals surface area contributed by atoms with E-state index in [2.05, 4.69) is 43.4 Å². The Labute approximate surface area is 104 Å². The van der Waals surface area contributed by atoms with Crippen LogP contribution in [-0.4, -0.2) is 19.7 Å². The van der Waals surface area contributed by atoms with Gasteiger partial charge in [0, 0.05) is 13.2 Å². The van der Waals surface area contributed by atoms with Crippen molar-refractivity contribution in [1.82, 2.24) is 5.32 Å². The van der Waals surface area contributed by atoms with Crippen molar-refractivity contribution in [2.24, 2.45) is 0 Å². The van der Waals surface area contributed by atoms with E-state index in [9.17, 15) is 0 Å². The highest BCUT2D eigenvalue weighted by Gasteiger charge is 2.19. The van der Waals surface area contributed by atoms with E-state index in [-0.39, 0.29) is 5.60 Å². The molecule has 1 aromatic carbocycles. The zero-order valence-corrected chi connectivity index (χ0v) is 11.1. The molecule has 0 radical (unpaired) electrons. The molecule has 17 heavy (non-hydrogen) atoms. The topological polar surface area (TPSA) is 21.3 Å². The molecule has 0 bridgehead atoms. The highest BCUT2D eigenvalue weighted by molar-refractivity contribution is 5.27. The fraction of sp³-hybridized carbons (Fsp3) is 0.600. The van der Waals surface area contributed by atoms with Crippen molar-refractivity contribution in [3.8, 4) is 0 Å². The molecular weight excluding hydrogens is 210 g/mol. The van der Waals surface area contributed by atoms with Gasteiger partial charge in [-0.3, -0.25) is 0 Å². The van der Waals surface area contributed by atoms with Crippen LogP contribution in [0.4, 0.5) is 0 Å². The molecule has 1 N–H and O–H groups in total. The van der Waals surface area contributed by atoms with Crippen LogP contribution in [0.25, 0.3) is 0 Å². The first-order chi connectivity index (χ1) is 8.12. The van der Waals surface area contributed by atoms with Crippen LogP contribution in [0.2, 0.25) is 0 Å². The van der Waals surface area contributed by atoms with E-state index in [0.717, 1.165) is 6.42 Å². The van der Waals surface area contributed by atoms with Crippen LogP contribution in [0.5, 0.6) is 0 Å². The summed E-state index contributed by atoms with van der Waals surface area (Å²) in [4.78, 5) is 0. The van der Waals surface area contributed by atoms with Crippen LogP contribution in [0.15, 0.2) is 24.3 Å². The van der Waals surface area contributed by atoms with Crippen molar-refractivity contribution in [3.05, 3.63) is 35.4 Å². The molecule has 0 saturated carbocycles. The first-order valence-electron chi connectivity index (χ1n) is 6.50. The standard InChI is InChI=1S/C15H23NO/c1-15(2,17-3)13-8-6-12(7-9-13)11-14-5-4-10-16-14/h6-9,14,16H,4-5,10-11H2,1-3H3. The van der Waals surface area contributed by atoms with Gasteiger partial charge in [0.25, 0.3) is 0 Å². The van der Waals surface area contributed by atoms with Crippen molar-refractivity contribution in [1.29, 1.82) is 0 Å². The summed E-state index contributed by atoms with van der Waals surface area (Å²) in [6.07, 6.45) is 3.78. The molecule has 2 heteroatoms. The second kappa shape index (κ2) is 5.19. The lowest BCUT2D eigenvalue weighted by Gasteiger charge is -2.23. The van der Waals surface area contributed by atoms with Gasteiger partial charge in [0.05, 0.1) is 5.60 Å². The van der Waals surface area contributed by atoms with E-state index < -0.39 is 0 Å². The molecule has 1 heterocycles. The van der Waals surface area contributed by atoms with Gasteiger partial charge in [-0.25, -0.2) is 0 Å². The first-order valence-corrected chi connectivity index (χ1v) is 6.50. The molecule has 94 valence electrons. The highest BCUT2D eigenvalue weighted by Crippen LogP contribution is 2.24. The van der Waals surface area contributed by atoms with Gasteiger partial charge in [0.15, 0.2) is 0 Å². The molecule has 2 nitrogen and oxygen atoms in total. The number of methoxy groups -OCH3 is 1. The number of hydrogen-bond donors (Lipinski definition) is 1. The molecule has 1 aromatic rings. The summed E-state index contributed by atoms with van der Waals surface area (Å²) >= 11 is 0. The van der Waals surface area contributed by atoms with Crippen LogP contribution in [0.3, 0.4) is 0 Å². The smallest absolute Gasteiger partial charge is 0.0871 e. The Kier molecular flexibility index (Phi) is 3.85. The molecule has 0 spiro atoms. The van der Waals surface area contributed by atoms with Crippen molar-refractivity contribution in [2.75, 3.05) is 13.7 Å². The third-order valence-electron chi connectivity index (χ3n) is 3.80.